The van der Waals surface area contributed by atoms with Crippen LogP contribution in [-0.2, 0) is 9.53 Å². The summed E-state index contributed by atoms with van der Waals surface area (Å²) in [5.41, 5.74) is 4.72. The molecule has 9 heteroatoms. The zero-order chi connectivity index (χ0) is 27.4. The standard InChI is InChI=1S/C29H37N5O4/c1-6-38-27(35)25-24(32(5)28(36)31-26(25)23-16-19(2)12-13-20(23)3)18-33-14-15-34(21(4)17-33)29(37)30-22-10-8-7-9-11-22/h7-13,16,21,26H,6,14-15,17-18H2,1-5H3,(H,30,37)(H,31,36)/t21-,26-/m0/s1. The molecule has 2 heterocycles. The molecule has 2 atom stereocenters. The van der Waals surface area contributed by atoms with Crippen molar-refractivity contribution in [3.05, 3.63) is 76.5 Å². The number of hydrogen-bond donors (Lipinski definition) is 2. The van der Waals surface area contributed by atoms with Gasteiger partial charge in [0.05, 0.1) is 18.2 Å². The summed E-state index contributed by atoms with van der Waals surface area (Å²) in [6, 6.07) is 14.3. The average Bonchev–Trinajstić information content (AvgIpc) is 2.88. The molecule has 2 aliphatic heterocycles. The third kappa shape index (κ3) is 5.83. The van der Waals surface area contributed by atoms with Crippen molar-refractivity contribution in [2.45, 2.75) is 39.8 Å². The zero-order valence-electron chi connectivity index (χ0n) is 22.8. The zero-order valence-corrected chi connectivity index (χ0v) is 22.8. The number of aryl methyl sites for hydroxylation is 2. The fourth-order valence-corrected chi connectivity index (χ4v) is 5.11. The van der Waals surface area contributed by atoms with E-state index in [1.54, 1.807) is 14.0 Å². The monoisotopic (exact) mass is 519 g/mol. The molecule has 2 aromatic rings. The summed E-state index contributed by atoms with van der Waals surface area (Å²) in [5, 5.41) is 5.97. The van der Waals surface area contributed by atoms with Gasteiger partial charge in [0.25, 0.3) is 0 Å². The van der Waals surface area contributed by atoms with E-state index < -0.39 is 12.0 Å². The Kier molecular flexibility index (Phi) is 8.36. The molecule has 202 valence electrons. The number of ether oxygens (including phenoxy) is 1. The number of carbonyl (C=O) groups excluding carboxylic acids is 3. The van der Waals surface area contributed by atoms with Gasteiger partial charge in [-0.25, -0.2) is 14.4 Å². The Morgan fingerprint density at radius 3 is 2.53 bits per heavy atom. The van der Waals surface area contributed by atoms with E-state index in [-0.39, 0.29) is 24.7 Å². The first-order valence-corrected chi connectivity index (χ1v) is 13.1. The van der Waals surface area contributed by atoms with Crippen molar-refractivity contribution in [1.29, 1.82) is 0 Å². The number of hydrogen-bond acceptors (Lipinski definition) is 5. The van der Waals surface area contributed by atoms with Crippen molar-refractivity contribution in [3.63, 3.8) is 0 Å². The number of piperazine rings is 1. The molecule has 0 saturated carbocycles. The van der Waals surface area contributed by atoms with E-state index >= 15 is 0 Å². The number of benzene rings is 2. The molecule has 0 radical (unpaired) electrons. The van der Waals surface area contributed by atoms with Gasteiger partial charge in [0, 0.05) is 50.7 Å². The Bertz CT molecular complexity index is 1230. The van der Waals surface area contributed by atoms with Crippen molar-refractivity contribution in [2.24, 2.45) is 0 Å². The van der Waals surface area contributed by atoms with Crippen LogP contribution in [-0.4, -0.2) is 78.6 Å². The maximum absolute atomic E-state index is 13.3. The van der Waals surface area contributed by atoms with Crippen molar-refractivity contribution < 1.29 is 19.1 Å². The summed E-state index contributed by atoms with van der Waals surface area (Å²) in [6.45, 7) is 10.1. The van der Waals surface area contributed by atoms with Crippen LogP contribution < -0.4 is 10.6 Å². The Labute approximate surface area is 224 Å². The molecular formula is C29H37N5O4. The highest BCUT2D eigenvalue weighted by Crippen LogP contribution is 2.33. The highest BCUT2D eigenvalue weighted by molar-refractivity contribution is 5.95. The van der Waals surface area contributed by atoms with Crippen LogP contribution in [0.5, 0.6) is 0 Å². The van der Waals surface area contributed by atoms with E-state index in [2.05, 4.69) is 15.5 Å². The number of rotatable bonds is 6. The van der Waals surface area contributed by atoms with Crippen LogP contribution >= 0.6 is 0 Å². The van der Waals surface area contributed by atoms with Crippen molar-refractivity contribution in [2.75, 3.05) is 45.2 Å². The molecule has 0 aliphatic carbocycles. The normalized spacial score (nSPS) is 20.3. The second-order valence-corrected chi connectivity index (χ2v) is 9.96. The second kappa shape index (κ2) is 11.7. The molecule has 2 aromatic carbocycles. The van der Waals surface area contributed by atoms with Gasteiger partial charge in [-0.2, -0.15) is 0 Å². The van der Waals surface area contributed by atoms with E-state index in [4.69, 9.17) is 4.74 Å². The summed E-state index contributed by atoms with van der Waals surface area (Å²) < 4.78 is 5.48. The van der Waals surface area contributed by atoms with E-state index in [1.807, 2.05) is 74.2 Å². The van der Waals surface area contributed by atoms with Gasteiger partial charge in [-0.1, -0.05) is 42.0 Å². The van der Waals surface area contributed by atoms with Gasteiger partial charge >= 0.3 is 18.0 Å². The van der Waals surface area contributed by atoms with Crippen molar-refractivity contribution in [1.82, 2.24) is 20.0 Å². The van der Waals surface area contributed by atoms with Crippen LogP contribution in [0.25, 0.3) is 0 Å². The first-order chi connectivity index (χ1) is 18.2. The van der Waals surface area contributed by atoms with E-state index in [0.29, 0.717) is 37.4 Å². The minimum absolute atomic E-state index is 0.0587. The lowest BCUT2D eigenvalue weighted by Gasteiger charge is -2.42. The van der Waals surface area contributed by atoms with E-state index in [9.17, 15) is 14.4 Å². The van der Waals surface area contributed by atoms with Crippen molar-refractivity contribution >= 4 is 23.7 Å². The molecule has 4 rings (SSSR count). The molecule has 1 fully saturated rings. The largest absolute Gasteiger partial charge is 0.463 e. The predicted molar refractivity (Wildman–Crippen MR) is 147 cm³/mol. The molecule has 0 unspecified atom stereocenters. The summed E-state index contributed by atoms with van der Waals surface area (Å²) in [7, 11) is 1.68. The number of amides is 4. The minimum atomic E-state index is -0.608. The van der Waals surface area contributed by atoms with Gasteiger partial charge in [-0.3, -0.25) is 9.80 Å². The number of likely N-dealkylation sites (N-methyl/N-ethyl adjacent to an activating group) is 1. The van der Waals surface area contributed by atoms with Crippen molar-refractivity contribution in [3.8, 4) is 0 Å². The van der Waals surface area contributed by atoms with Gasteiger partial charge in [0.15, 0.2) is 0 Å². The first kappa shape index (κ1) is 27.2. The Morgan fingerprint density at radius 1 is 1.11 bits per heavy atom. The number of carbonyl (C=O) groups is 3. The number of urea groups is 2. The Morgan fingerprint density at radius 2 is 1.84 bits per heavy atom. The number of esters is 1. The average molecular weight is 520 g/mol. The van der Waals surface area contributed by atoms with Crippen LogP contribution in [0.15, 0.2) is 59.8 Å². The summed E-state index contributed by atoms with van der Waals surface area (Å²) in [6.07, 6.45) is 0. The fraction of sp³-hybridized carbons (Fsp3) is 0.414. The lowest BCUT2D eigenvalue weighted by molar-refractivity contribution is -0.139. The minimum Gasteiger partial charge on any atom is -0.463 e. The first-order valence-electron chi connectivity index (χ1n) is 13.1. The van der Waals surface area contributed by atoms with Gasteiger partial charge in [-0.05, 0) is 51.0 Å². The molecule has 2 aliphatic rings. The van der Waals surface area contributed by atoms with Gasteiger partial charge in [0.2, 0.25) is 0 Å². The van der Waals surface area contributed by atoms with Crippen LogP contribution in [0.1, 0.15) is 36.6 Å². The molecular weight excluding hydrogens is 482 g/mol. The topological polar surface area (TPSA) is 94.2 Å². The number of nitrogens with zero attached hydrogens (tertiary/aromatic N) is 3. The number of anilines is 1. The van der Waals surface area contributed by atoms with Gasteiger partial charge in [-0.15, -0.1) is 0 Å². The SMILES string of the molecule is CCOC(=O)C1=C(CN2CCN(C(=O)Nc3ccccc3)[C@@H](C)C2)N(C)C(=O)N[C@H]1c1cc(C)ccc1C. The number of nitrogens with one attached hydrogen (secondary N) is 2. The maximum Gasteiger partial charge on any atom is 0.338 e. The molecule has 0 bridgehead atoms. The second-order valence-electron chi connectivity index (χ2n) is 9.96. The predicted octanol–water partition coefficient (Wildman–Crippen LogP) is 4.05. The fourth-order valence-electron chi connectivity index (χ4n) is 5.11. The van der Waals surface area contributed by atoms with Crippen LogP contribution in [0.4, 0.5) is 15.3 Å². The van der Waals surface area contributed by atoms with E-state index in [0.717, 1.165) is 22.4 Å². The highest BCUT2D eigenvalue weighted by Gasteiger charge is 2.39. The van der Waals surface area contributed by atoms with Crippen LogP contribution in [0.3, 0.4) is 0 Å². The highest BCUT2D eigenvalue weighted by atomic mass is 16.5. The van der Waals surface area contributed by atoms with Gasteiger partial charge in [0.1, 0.15) is 0 Å². The van der Waals surface area contributed by atoms with E-state index in [1.165, 1.54) is 4.90 Å². The molecule has 1 saturated heterocycles. The maximum atomic E-state index is 13.3. The summed E-state index contributed by atoms with van der Waals surface area (Å²) >= 11 is 0. The summed E-state index contributed by atoms with van der Waals surface area (Å²) in [5.74, 6) is -0.436. The summed E-state index contributed by atoms with van der Waals surface area (Å²) in [4.78, 5) is 44.8. The molecule has 2 N–H and O–H groups in total. The number of para-hydroxylation sites is 1. The lowest BCUT2D eigenvalue weighted by Crippen LogP contribution is -2.57. The van der Waals surface area contributed by atoms with Crippen LogP contribution in [0.2, 0.25) is 0 Å². The molecule has 0 spiro atoms. The smallest absolute Gasteiger partial charge is 0.338 e. The molecule has 4 amide bonds. The van der Waals surface area contributed by atoms with Crippen LogP contribution in [0, 0.1) is 13.8 Å². The molecule has 38 heavy (non-hydrogen) atoms. The molecule has 0 aromatic heterocycles. The quantitative estimate of drug-likeness (QED) is 0.562. The molecule has 9 nitrogen and oxygen atoms in total. The third-order valence-corrected chi connectivity index (χ3v) is 7.19. The van der Waals surface area contributed by atoms with Gasteiger partial charge < -0.3 is 20.3 Å². The Balaban J connectivity index is 1.59. The Hall–Kier alpha value is -3.85. The lowest BCUT2D eigenvalue weighted by atomic mass is 9.90. The third-order valence-electron chi connectivity index (χ3n) is 7.19.